The fraction of sp³-hybridized carbons (Fsp3) is 0. The number of ether oxygens (including phenoxy) is 1. The Bertz CT molecular complexity index is 589. The quantitative estimate of drug-likeness (QED) is 0.858. The first-order valence-electron chi connectivity index (χ1n) is 4.95. The monoisotopic (exact) mass is 342 g/mol. The SMILES string of the molecule is NC(=S)c1ccc(Oc2ccc(Cl)cc2Br)nc1. The fourth-order valence-electron chi connectivity index (χ4n) is 1.26. The van der Waals surface area contributed by atoms with E-state index in [9.17, 15) is 0 Å². The normalized spacial score (nSPS) is 10.1. The predicted molar refractivity (Wildman–Crippen MR) is 79.4 cm³/mol. The lowest BCUT2D eigenvalue weighted by atomic mass is 10.3. The number of hydrogen-bond donors (Lipinski definition) is 1. The van der Waals surface area contributed by atoms with Gasteiger partial charge >= 0.3 is 0 Å². The molecule has 0 aliphatic carbocycles. The summed E-state index contributed by atoms with van der Waals surface area (Å²) in [5.74, 6) is 1.09. The number of rotatable bonds is 3. The zero-order valence-electron chi connectivity index (χ0n) is 9.06. The summed E-state index contributed by atoms with van der Waals surface area (Å²) in [5, 5.41) is 0.631. The zero-order chi connectivity index (χ0) is 13.1. The molecule has 0 saturated carbocycles. The molecule has 0 aliphatic rings. The van der Waals surface area contributed by atoms with Crippen LogP contribution in [-0.2, 0) is 0 Å². The molecule has 2 N–H and O–H groups in total. The van der Waals surface area contributed by atoms with Gasteiger partial charge in [0.15, 0.2) is 0 Å². The van der Waals surface area contributed by atoms with Gasteiger partial charge in [0.1, 0.15) is 10.7 Å². The number of halogens is 2. The first kappa shape index (κ1) is 13.3. The highest BCUT2D eigenvalue weighted by Gasteiger charge is 2.05. The Balaban J connectivity index is 2.21. The molecule has 0 unspecified atom stereocenters. The third kappa shape index (κ3) is 3.19. The topological polar surface area (TPSA) is 48.1 Å². The molecule has 0 aliphatic heterocycles. The summed E-state index contributed by atoms with van der Waals surface area (Å²) in [6, 6.07) is 8.71. The lowest BCUT2D eigenvalue weighted by Crippen LogP contribution is -2.09. The average molecular weight is 344 g/mol. The van der Waals surface area contributed by atoms with Crippen LogP contribution in [0.2, 0.25) is 5.02 Å². The molecule has 6 heteroatoms. The Hall–Kier alpha value is -1.17. The standard InChI is InChI=1S/C12H8BrClN2OS/c13-9-5-8(14)2-3-10(9)17-11-4-1-7(6-16-11)12(15)18/h1-6H,(H2,15,18). The van der Waals surface area contributed by atoms with Gasteiger partial charge in [0.05, 0.1) is 4.47 Å². The molecule has 2 rings (SSSR count). The van der Waals surface area contributed by atoms with Crippen molar-refractivity contribution in [1.29, 1.82) is 0 Å². The second kappa shape index (κ2) is 5.65. The molecule has 1 heterocycles. The summed E-state index contributed by atoms with van der Waals surface area (Å²) in [5.41, 5.74) is 6.19. The van der Waals surface area contributed by atoms with Crippen LogP contribution in [-0.4, -0.2) is 9.97 Å². The number of pyridine rings is 1. The van der Waals surface area contributed by atoms with Gasteiger partial charge in [0.25, 0.3) is 0 Å². The van der Waals surface area contributed by atoms with Crippen LogP contribution in [0.5, 0.6) is 11.6 Å². The van der Waals surface area contributed by atoms with E-state index in [-0.39, 0.29) is 0 Å². The van der Waals surface area contributed by atoms with Crippen molar-refractivity contribution in [3.8, 4) is 11.6 Å². The highest BCUT2D eigenvalue weighted by atomic mass is 79.9. The van der Waals surface area contributed by atoms with E-state index >= 15 is 0 Å². The summed E-state index contributed by atoms with van der Waals surface area (Å²) < 4.78 is 6.36. The largest absolute Gasteiger partial charge is 0.438 e. The van der Waals surface area contributed by atoms with Crippen molar-refractivity contribution >= 4 is 44.7 Å². The minimum absolute atomic E-state index is 0.307. The van der Waals surface area contributed by atoms with E-state index in [1.54, 1.807) is 36.5 Å². The van der Waals surface area contributed by atoms with Crippen LogP contribution in [0.25, 0.3) is 0 Å². The molecule has 92 valence electrons. The van der Waals surface area contributed by atoms with Crippen molar-refractivity contribution in [2.75, 3.05) is 0 Å². The summed E-state index contributed by atoms with van der Waals surface area (Å²) in [4.78, 5) is 4.42. The molecule has 0 bridgehead atoms. The van der Waals surface area contributed by atoms with Crippen LogP contribution in [0.4, 0.5) is 0 Å². The van der Waals surface area contributed by atoms with E-state index in [0.29, 0.717) is 27.2 Å². The maximum Gasteiger partial charge on any atom is 0.219 e. The first-order chi connectivity index (χ1) is 8.56. The lowest BCUT2D eigenvalue weighted by molar-refractivity contribution is 0.460. The Labute approximate surface area is 123 Å². The maximum absolute atomic E-state index is 5.85. The first-order valence-corrected chi connectivity index (χ1v) is 6.53. The molecular weight excluding hydrogens is 336 g/mol. The highest BCUT2D eigenvalue weighted by Crippen LogP contribution is 2.31. The van der Waals surface area contributed by atoms with Gasteiger partial charge in [-0.1, -0.05) is 23.8 Å². The van der Waals surface area contributed by atoms with E-state index in [0.717, 1.165) is 4.47 Å². The van der Waals surface area contributed by atoms with Crippen molar-refractivity contribution in [3.63, 3.8) is 0 Å². The van der Waals surface area contributed by atoms with E-state index in [4.69, 9.17) is 34.3 Å². The van der Waals surface area contributed by atoms with Crippen molar-refractivity contribution < 1.29 is 4.74 Å². The van der Waals surface area contributed by atoms with Gasteiger partial charge < -0.3 is 10.5 Å². The van der Waals surface area contributed by atoms with E-state index in [1.165, 1.54) is 0 Å². The zero-order valence-corrected chi connectivity index (χ0v) is 12.2. The second-order valence-electron chi connectivity index (χ2n) is 3.43. The molecule has 0 atom stereocenters. The van der Waals surface area contributed by atoms with Crippen LogP contribution in [0, 0.1) is 0 Å². The van der Waals surface area contributed by atoms with Crippen LogP contribution in [0.1, 0.15) is 5.56 Å². The van der Waals surface area contributed by atoms with E-state index < -0.39 is 0 Å². The smallest absolute Gasteiger partial charge is 0.219 e. The van der Waals surface area contributed by atoms with Gasteiger partial charge in [-0.15, -0.1) is 0 Å². The summed E-state index contributed by atoms with van der Waals surface area (Å²) in [6.45, 7) is 0. The molecule has 0 saturated heterocycles. The molecule has 2 aromatic rings. The Morgan fingerprint density at radius 1 is 1.33 bits per heavy atom. The van der Waals surface area contributed by atoms with Gasteiger partial charge in [-0.25, -0.2) is 4.98 Å². The third-order valence-corrected chi connectivity index (χ3v) is 3.22. The van der Waals surface area contributed by atoms with Crippen LogP contribution < -0.4 is 10.5 Å². The molecule has 1 aromatic heterocycles. The number of nitrogens with zero attached hydrogens (tertiary/aromatic N) is 1. The van der Waals surface area contributed by atoms with Crippen molar-refractivity contribution in [2.24, 2.45) is 5.73 Å². The van der Waals surface area contributed by atoms with Gasteiger partial charge in [-0.2, -0.15) is 0 Å². The van der Waals surface area contributed by atoms with Crippen LogP contribution in [0.3, 0.4) is 0 Å². The van der Waals surface area contributed by atoms with Gasteiger partial charge in [-0.3, -0.25) is 0 Å². The van der Waals surface area contributed by atoms with E-state index in [2.05, 4.69) is 20.9 Å². The third-order valence-electron chi connectivity index (χ3n) is 2.13. The number of hydrogen-bond acceptors (Lipinski definition) is 3. The van der Waals surface area contributed by atoms with Crippen LogP contribution in [0.15, 0.2) is 41.0 Å². The van der Waals surface area contributed by atoms with Gasteiger partial charge in [0.2, 0.25) is 5.88 Å². The molecule has 1 aromatic carbocycles. The molecule has 18 heavy (non-hydrogen) atoms. The second-order valence-corrected chi connectivity index (χ2v) is 5.16. The lowest BCUT2D eigenvalue weighted by Gasteiger charge is -2.07. The predicted octanol–water partition coefficient (Wildman–Crippen LogP) is 3.92. The molecule has 3 nitrogen and oxygen atoms in total. The molecule has 0 radical (unpaired) electrons. The number of aromatic nitrogens is 1. The summed E-state index contributed by atoms with van der Waals surface area (Å²) >= 11 is 14.1. The van der Waals surface area contributed by atoms with Crippen molar-refractivity contribution in [2.45, 2.75) is 0 Å². The summed E-state index contributed by atoms with van der Waals surface area (Å²) in [6.07, 6.45) is 1.57. The minimum Gasteiger partial charge on any atom is -0.438 e. The van der Waals surface area contributed by atoms with Crippen molar-refractivity contribution in [1.82, 2.24) is 4.98 Å². The summed E-state index contributed by atoms with van der Waals surface area (Å²) in [7, 11) is 0. The van der Waals surface area contributed by atoms with E-state index in [1.807, 2.05) is 0 Å². The van der Waals surface area contributed by atoms with Crippen LogP contribution >= 0.6 is 39.7 Å². The number of benzene rings is 1. The Morgan fingerprint density at radius 2 is 2.11 bits per heavy atom. The number of nitrogens with two attached hydrogens (primary N) is 1. The molecule has 0 amide bonds. The number of thiocarbonyl (C=S) groups is 1. The van der Waals surface area contributed by atoms with Gasteiger partial charge in [-0.05, 0) is 40.2 Å². The van der Waals surface area contributed by atoms with Gasteiger partial charge in [0, 0.05) is 22.8 Å². The molecular formula is C12H8BrClN2OS. The Kier molecular flexibility index (Phi) is 4.16. The maximum atomic E-state index is 5.85. The minimum atomic E-state index is 0.307. The van der Waals surface area contributed by atoms with Crippen molar-refractivity contribution in [3.05, 3.63) is 51.6 Å². The molecule has 0 spiro atoms. The highest BCUT2D eigenvalue weighted by molar-refractivity contribution is 9.10. The fourth-order valence-corrected chi connectivity index (χ4v) is 2.14. The average Bonchev–Trinajstić information content (AvgIpc) is 2.33. The molecule has 0 fully saturated rings. The Morgan fingerprint density at radius 3 is 2.67 bits per heavy atom.